The molecule has 354 valence electrons. The molecule has 2 aliphatic rings. The number of aryl methyl sites for hydroxylation is 3. The Kier molecular flexibility index (Phi) is 14.0. The first-order valence-corrected chi connectivity index (χ1v) is 24.5. The number of amides is 3. The van der Waals surface area contributed by atoms with Crippen molar-refractivity contribution in [1.82, 2.24) is 45.1 Å². The number of aliphatic hydroxyl groups is 1. The highest BCUT2D eigenvalue weighted by molar-refractivity contribution is 7.15. The normalized spacial score (nSPS) is 18.9. The Morgan fingerprint density at radius 2 is 1.78 bits per heavy atom. The number of thiazole rings is 1. The Morgan fingerprint density at radius 3 is 2.49 bits per heavy atom. The maximum absolute atomic E-state index is 14.2. The molecule has 1 fully saturated rings. The summed E-state index contributed by atoms with van der Waals surface area (Å²) in [7, 11) is 0. The molecule has 0 radical (unpaired) electrons. The molecule has 15 nitrogen and oxygen atoms in total. The molecule has 68 heavy (non-hydrogen) atoms. The Bertz CT molecular complexity index is 2980. The highest BCUT2D eigenvalue weighted by atomic mass is 35.5. The van der Waals surface area contributed by atoms with E-state index >= 15 is 0 Å². The number of fused-ring (bicyclic) bond motifs is 3. The Labute approximate surface area is 410 Å². The monoisotopic (exact) mass is 975 g/mol. The van der Waals surface area contributed by atoms with E-state index in [1.807, 2.05) is 82.4 Å². The quantitative estimate of drug-likeness (QED) is 0.0790. The highest BCUT2D eigenvalue weighted by Crippen LogP contribution is 2.39. The van der Waals surface area contributed by atoms with Crippen LogP contribution in [0.1, 0.15) is 111 Å². The molecule has 0 saturated carbocycles. The average Bonchev–Trinajstić information content (AvgIpc) is 4.14. The maximum Gasteiger partial charge on any atom is 0.246 e. The predicted molar refractivity (Wildman–Crippen MR) is 264 cm³/mol. The number of halogens is 1. The van der Waals surface area contributed by atoms with E-state index in [1.54, 1.807) is 59.8 Å². The first-order valence-electron chi connectivity index (χ1n) is 22.9. The summed E-state index contributed by atoms with van der Waals surface area (Å²) in [6.07, 6.45) is 1.81. The minimum absolute atomic E-state index is 0.216. The second-order valence-corrected chi connectivity index (χ2v) is 20.5. The van der Waals surface area contributed by atoms with Crippen LogP contribution in [0.15, 0.2) is 71.4 Å². The van der Waals surface area contributed by atoms with E-state index in [2.05, 4.69) is 54.2 Å². The molecule has 3 N–H and O–H groups in total. The average molecular weight is 977 g/mol. The number of nitrogens with zero attached hydrogens (tertiary/aromatic N) is 8. The number of aliphatic imine (C=N–C) groups is 1. The molecule has 0 aliphatic carbocycles. The zero-order valence-corrected chi connectivity index (χ0v) is 41.6. The third kappa shape index (κ3) is 10.5. The smallest absolute Gasteiger partial charge is 0.246 e. The second kappa shape index (κ2) is 20.3. The molecule has 4 aromatic heterocycles. The number of carbonyl (C=O) groups is 3. The van der Waals surface area contributed by atoms with Crippen LogP contribution in [0, 0.1) is 38.0 Å². The van der Waals surface area contributed by atoms with Crippen molar-refractivity contribution in [1.29, 1.82) is 0 Å². The fourth-order valence-electron chi connectivity index (χ4n) is 8.35. The van der Waals surface area contributed by atoms with Gasteiger partial charge >= 0.3 is 0 Å². The number of β-amino-alcohol motifs (C(OH)–C–C–N with tert-alkyl or cyclic N) is 1. The molecule has 2 unspecified atom stereocenters. The molecule has 6 heterocycles. The third-order valence-corrected chi connectivity index (χ3v) is 14.5. The minimum Gasteiger partial charge on any atom is -0.391 e. The van der Waals surface area contributed by atoms with Crippen LogP contribution >= 0.6 is 34.3 Å². The van der Waals surface area contributed by atoms with Gasteiger partial charge in [-0.05, 0) is 75.3 Å². The Hall–Kier alpha value is -6.03. The van der Waals surface area contributed by atoms with E-state index in [1.165, 1.54) is 4.90 Å². The van der Waals surface area contributed by atoms with Crippen LogP contribution in [0.4, 0.5) is 0 Å². The fourth-order valence-corrected chi connectivity index (χ4v) is 10.5. The Balaban J connectivity index is 0.850. The van der Waals surface area contributed by atoms with Crippen molar-refractivity contribution >= 4 is 57.7 Å². The summed E-state index contributed by atoms with van der Waals surface area (Å²) in [6, 6.07) is 12.7. The molecular formula is C50H55ClN10O5S2. The summed E-state index contributed by atoms with van der Waals surface area (Å²) < 4.78 is 18.0. The van der Waals surface area contributed by atoms with Crippen LogP contribution in [-0.4, -0.2) is 101 Å². The van der Waals surface area contributed by atoms with Gasteiger partial charge in [0.25, 0.3) is 0 Å². The highest BCUT2D eigenvalue weighted by Gasteiger charge is 2.45. The lowest BCUT2D eigenvalue weighted by atomic mass is 9.85. The van der Waals surface area contributed by atoms with Gasteiger partial charge < -0.3 is 25.4 Å². The van der Waals surface area contributed by atoms with Gasteiger partial charge in [-0.15, -0.1) is 32.9 Å². The predicted octanol–water partition coefficient (Wildman–Crippen LogP) is 7.32. The van der Waals surface area contributed by atoms with Crippen molar-refractivity contribution in [2.75, 3.05) is 19.8 Å². The SMILES string of the molecule is [2H][C@@]1(O)C[C@@H](C(=O)NC(C)c2ccc(-c3scnc3C)cc2)N(C(=O)C(NC(=O)COCCCn2cc(C#Cc3sc4c(c3C)C(c3ccc(Cl)cc3)=N[C@@H](C)c3nnc(C)n3-4)cn2)C(C)(C)C)C1. The van der Waals surface area contributed by atoms with Crippen LogP contribution in [0.25, 0.3) is 15.4 Å². The van der Waals surface area contributed by atoms with E-state index in [9.17, 15) is 19.5 Å². The van der Waals surface area contributed by atoms with Crippen molar-refractivity contribution in [2.45, 2.75) is 105 Å². The van der Waals surface area contributed by atoms with Crippen LogP contribution in [0.2, 0.25) is 5.02 Å². The van der Waals surface area contributed by atoms with E-state index in [-0.39, 0.29) is 32.2 Å². The van der Waals surface area contributed by atoms with Crippen molar-refractivity contribution in [3.05, 3.63) is 121 Å². The van der Waals surface area contributed by atoms with Crippen molar-refractivity contribution < 1.29 is 25.6 Å². The Morgan fingerprint density at radius 1 is 1.04 bits per heavy atom. The molecule has 3 amide bonds. The van der Waals surface area contributed by atoms with Gasteiger partial charge in [-0.2, -0.15) is 5.10 Å². The second-order valence-electron chi connectivity index (χ2n) is 18.2. The molecule has 0 bridgehead atoms. The molecular weight excluding hydrogens is 920 g/mol. The molecule has 6 aromatic rings. The van der Waals surface area contributed by atoms with Crippen LogP contribution < -0.4 is 10.6 Å². The summed E-state index contributed by atoms with van der Waals surface area (Å²) in [5, 5.41) is 31.5. The topological polar surface area (TPSA) is 182 Å². The summed E-state index contributed by atoms with van der Waals surface area (Å²) in [5.74, 6) is 6.61. The lowest BCUT2D eigenvalue weighted by molar-refractivity contribution is -0.144. The van der Waals surface area contributed by atoms with Gasteiger partial charge in [0.2, 0.25) is 17.7 Å². The van der Waals surface area contributed by atoms with Crippen LogP contribution in [0.3, 0.4) is 0 Å². The van der Waals surface area contributed by atoms with Gasteiger partial charge in [-0.3, -0.25) is 28.6 Å². The van der Waals surface area contributed by atoms with E-state index < -0.39 is 47.3 Å². The molecule has 8 rings (SSSR count). The van der Waals surface area contributed by atoms with Crippen LogP contribution in [-0.2, 0) is 25.7 Å². The summed E-state index contributed by atoms with van der Waals surface area (Å²) in [4.78, 5) is 53.8. The van der Waals surface area contributed by atoms with Gasteiger partial charge in [0.05, 0.1) is 51.9 Å². The maximum atomic E-state index is 14.2. The minimum atomic E-state index is -2.05. The van der Waals surface area contributed by atoms with Gasteiger partial charge in [-0.1, -0.05) is 80.6 Å². The number of benzene rings is 2. The fraction of sp³-hybridized carbons (Fsp3) is 0.400. The lowest BCUT2D eigenvalue weighted by Gasteiger charge is -2.35. The number of ether oxygens (including phenoxy) is 1. The number of hydrogen-bond donors (Lipinski definition) is 3. The van der Waals surface area contributed by atoms with Gasteiger partial charge in [0.15, 0.2) is 5.82 Å². The largest absolute Gasteiger partial charge is 0.391 e. The number of rotatable bonds is 13. The summed E-state index contributed by atoms with van der Waals surface area (Å²) in [5.41, 5.74) is 8.37. The zero-order valence-electron chi connectivity index (χ0n) is 40.3. The van der Waals surface area contributed by atoms with Crippen molar-refractivity contribution in [3.63, 3.8) is 0 Å². The van der Waals surface area contributed by atoms with Gasteiger partial charge in [-0.25, -0.2) is 4.98 Å². The van der Waals surface area contributed by atoms with Gasteiger partial charge in [0.1, 0.15) is 35.6 Å². The zero-order chi connectivity index (χ0) is 49.4. The van der Waals surface area contributed by atoms with Crippen molar-refractivity contribution in [2.24, 2.45) is 10.4 Å². The first-order chi connectivity index (χ1) is 32.8. The number of nitrogens with one attached hydrogen (secondary N) is 2. The number of carbonyl (C=O) groups excluding carboxylic acids is 3. The standard InChI is InChI=1S/C50H55ClN10O5S2/c1-28-40(68-49-42(28)43(35-15-17-37(51)18-16-35)54-31(4)46-58-57-32(5)61(46)49)19-10-33-23-53-59(24-33)20-9-21-66-26-41(63)56-45(50(6,7)8)48(65)60-25-38(62)22-39(60)47(64)55-29(2)34-11-13-36(14-12-34)44-30(3)52-27-67-44/h11-18,23-24,27,29,31,38-39,45,62H,9,20-22,25-26H2,1-8H3,(H,55,64)(H,56,63)/t29?,31-,38+,39-,45?/m0/s1/i38D. The molecule has 2 aliphatic heterocycles. The lowest BCUT2D eigenvalue weighted by Crippen LogP contribution is -2.58. The molecule has 2 aromatic carbocycles. The van der Waals surface area contributed by atoms with E-state index in [0.29, 0.717) is 18.0 Å². The van der Waals surface area contributed by atoms with Crippen molar-refractivity contribution in [3.8, 4) is 27.3 Å². The summed E-state index contributed by atoms with van der Waals surface area (Å²) >= 11 is 9.37. The number of thiophene rings is 1. The van der Waals surface area contributed by atoms with E-state index in [4.69, 9.17) is 22.7 Å². The summed E-state index contributed by atoms with van der Waals surface area (Å²) in [6.45, 7) is 15.3. The molecule has 0 spiro atoms. The number of aromatic nitrogens is 6. The van der Waals surface area contributed by atoms with Gasteiger partial charge in [0, 0.05) is 48.5 Å². The molecule has 5 atom stereocenters. The molecule has 18 heteroatoms. The van der Waals surface area contributed by atoms with E-state index in [0.717, 1.165) is 71.2 Å². The molecule has 1 saturated heterocycles. The first kappa shape index (κ1) is 47.1. The number of likely N-dealkylation sites (tertiary alicyclic amines) is 1. The van der Waals surface area contributed by atoms with Crippen LogP contribution in [0.5, 0.6) is 0 Å². The third-order valence-electron chi connectivity index (χ3n) is 12.0. The number of hydrogen-bond acceptors (Lipinski definition) is 12.